The molecule has 0 aromatic carbocycles. The summed E-state index contributed by atoms with van der Waals surface area (Å²) in [7, 11) is 0. The van der Waals surface area contributed by atoms with E-state index < -0.39 is 5.97 Å². The number of hydrogen-bond acceptors (Lipinski definition) is 3. The Labute approximate surface area is 112 Å². The van der Waals surface area contributed by atoms with Crippen LogP contribution in [0.1, 0.15) is 38.1 Å². The van der Waals surface area contributed by atoms with Crippen molar-refractivity contribution in [2.75, 3.05) is 5.32 Å². The highest BCUT2D eigenvalue weighted by Gasteiger charge is 2.68. The van der Waals surface area contributed by atoms with Crippen LogP contribution in [-0.4, -0.2) is 22.0 Å². The number of amides is 1. The Morgan fingerprint density at radius 2 is 1.79 bits per heavy atom. The predicted molar refractivity (Wildman–Crippen MR) is 70.9 cm³/mol. The van der Waals surface area contributed by atoms with Crippen molar-refractivity contribution in [3.05, 3.63) is 24.0 Å². The second kappa shape index (κ2) is 4.05. The van der Waals surface area contributed by atoms with Crippen LogP contribution < -0.4 is 5.32 Å². The number of aromatic nitrogens is 1. The summed E-state index contributed by atoms with van der Waals surface area (Å²) in [6.07, 6.45) is 2.70. The minimum absolute atomic E-state index is 0.0467. The Kier molecular flexibility index (Phi) is 2.88. The summed E-state index contributed by atoms with van der Waals surface area (Å²) in [6, 6.07) is 1.41. The van der Waals surface area contributed by atoms with Gasteiger partial charge in [0.2, 0.25) is 5.91 Å². The number of carbonyl (C=O) groups is 2. The van der Waals surface area contributed by atoms with E-state index >= 15 is 0 Å². The van der Waals surface area contributed by atoms with Gasteiger partial charge in [-0.2, -0.15) is 0 Å². The Morgan fingerprint density at radius 3 is 2.26 bits per heavy atom. The molecule has 2 rings (SSSR count). The van der Waals surface area contributed by atoms with Crippen LogP contribution in [0.25, 0.3) is 0 Å². The van der Waals surface area contributed by atoms with Gasteiger partial charge in [-0.15, -0.1) is 0 Å². The van der Waals surface area contributed by atoms with Crippen LogP contribution in [0.2, 0.25) is 0 Å². The normalized spacial score (nSPS) is 19.8. The highest BCUT2D eigenvalue weighted by Crippen LogP contribution is 2.68. The fraction of sp³-hybridized carbons (Fsp3) is 0.500. The molecule has 0 saturated heterocycles. The maximum Gasteiger partial charge on any atom is 0.337 e. The molecule has 2 N–H and O–H groups in total. The Bertz CT molecular complexity index is 535. The first-order chi connectivity index (χ1) is 8.68. The molecule has 1 amide bonds. The molecule has 1 aliphatic carbocycles. The number of nitrogens with one attached hydrogen (secondary N) is 1. The summed E-state index contributed by atoms with van der Waals surface area (Å²) < 4.78 is 0. The maximum absolute atomic E-state index is 12.2. The van der Waals surface area contributed by atoms with Gasteiger partial charge >= 0.3 is 5.97 Å². The van der Waals surface area contributed by atoms with E-state index in [-0.39, 0.29) is 28.2 Å². The summed E-state index contributed by atoms with van der Waals surface area (Å²) in [4.78, 5) is 26.9. The number of anilines is 1. The van der Waals surface area contributed by atoms with Gasteiger partial charge in [0.1, 0.15) is 0 Å². The first-order valence-electron chi connectivity index (χ1n) is 6.17. The molecule has 1 heterocycles. The van der Waals surface area contributed by atoms with E-state index in [9.17, 15) is 9.59 Å². The number of nitrogens with zero attached hydrogens (tertiary/aromatic N) is 1. The molecule has 5 heteroatoms. The van der Waals surface area contributed by atoms with Crippen molar-refractivity contribution in [3.8, 4) is 0 Å². The van der Waals surface area contributed by atoms with Gasteiger partial charge in [0.25, 0.3) is 0 Å². The molecule has 0 atom stereocenters. The zero-order chi connectivity index (χ0) is 14.4. The fourth-order valence-electron chi connectivity index (χ4n) is 2.69. The minimum Gasteiger partial charge on any atom is -0.478 e. The van der Waals surface area contributed by atoms with Crippen LogP contribution in [0.4, 0.5) is 5.69 Å². The number of hydrogen-bond donors (Lipinski definition) is 2. The lowest BCUT2D eigenvalue weighted by molar-refractivity contribution is -0.118. The lowest BCUT2D eigenvalue weighted by Crippen LogP contribution is -2.18. The van der Waals surface area contributed by atoms with Crippen molar-refractivity contribution in [2.45, 2.75) is 27.7 Å². The molecule has 0 bridgehead atoms. The van der Waals surface area contributed by atoms with E-state index in [0.717, 1.165) is 0 Å². The van der Waals surface area contributed by atoms with Crippen molar-refractivity contribution < 1.29 is 14.7 Å². The van der Waals surface area contributed by atoms with E-state index in [2.05, 4.69) is 38.0 Å². The van der Waals surface area contributed by atoms with Crippen molar-refractivity contribution in [2.24, 2.45) is 16.7 Å². The quantitative estimate of drug-likeness (QED) is 0.876. The summed E-state index contributed by atoms with van der Waals surface area (Å²) in [5.74, 6) is -1.22. The highest BCUT2D eigenvalue weighted by molar-refractivity contribution is 5.97. The van der Waals surface area contributed by atoms with Crippen LogP contribution in [0.15, 0.2) is 18.5 Å². The topological polar surface area (TPSA) is 79.3 Å². The van der Waals surface area contributed by atoms with Crippen molar-refractivity contribution in [3.63, 3.8) is 0 Å². The van der Waals surface area contributed by atoms with Gasteiger partial charge in [-0.25, -0.2) is 4.79 Å². The molecule has 102 valence electrons. The zero-order valence-corrected chi connectivity index (χ0v) is 11.5. The van der Waals surface area contributed by atoms with Crippen LogP contribution in [-0.2, 0) is 4.79 Å². The summed E-state index contributed by atoms with van der Waals surface area (Å²) in [6.45, 7) is 8.23. The molecular weight excluding hydrogens is 244 g/mol. The summed E-state index contributed by atoms with van der Waals surface area (Å²) >= 11 is 0. The lowest BCUT2D eigenvalue weighted by Gasteiger charge is -2.06. The number of carbonyl (C=O) groups excluding carboxylic acids is 1. The minimum atomic E-state index is -1.06. The van der Waals surface area contributed by atoms with Gasteiger partial charge in [0.05, 0.1) is 17.4 Å². The summed E-state index contributed by atoms with van der Waals surface area (Å²) in [5.41, 5.74) is 0.389. The monoisotopic (exact) mass is 262 g/mol. The molecule has 19 heavy (non-hydrogen) atoms. The van der Waals surface area contributed by atoms with Crippen LogP contribution in [0.3, 0.4) is 0 Å². The molecule has 0 aliphatic heterocycles. The van der Waals surface area contributed by atoms with Gasteiger partial charge in [-0.1, -0.05) is 27.7 Å². The average Bonchev–Trinajstić information content (AvgIpc) is 2.69. The largest absolute Gasteiger partial charge is 0.478 e. The molecule has 0 spiro atoms. The third-order valence-corrected chi connectivity index (χ3v) is 4.54. The van der Waals surface area contributed by atoms with Crippen LogP contribution >= 0.6 is 0 Å². The Morgan fingerprint density at radius 1 is 1.21 bits per heavy atom. The third-order valence-electron chi connectivity index (χ3n) is 4.54. The maximum atomic E-state index is 12.2. The second-order valence-electron chi connectivity index (χ2n) is 6.13. The summed E-state index contributed by atoms with van der Waals surface area (Å²) in [5, 5.41) is 11.6. The number of carboxylic acid groups (broad SMARTS) is 1. The number of pyridine rings is 1. The third kappa shape index (κ3) is 2.09. The van der Waals surface area contributed by atoms with Crippen molar-refractivity contribution >= 4 is 17.6 Å². The van der Waals surface area contributed by atoms with E-state index in [1.807, 2.05) is 0 Å². The molecule has 1 aromatic rings. The van der Waals surface area contributed by atoms with Gasteiger partial charge in [0.15, 0.2) is 0 Å². The van der Waals surface area contributed by atoms with Crippen molar-refractivity contribution in [1.29, 1.82) is 0 Å². The molecule has 1 aliphatic rings. The van der Waals surface area contributed by atoms with Crippen molar-refractivity contribution in [1.82, 2.24) is 4.98 Å². The van der Waals surface area contributed by atoms with Gasteiger partial charge in [-0.05, 0) is 16.9 Å². The van der Waals surface area contributed by atoms with Gasteiger partial charge in [-0.3, -0.25) is 9.78 Å². The molecule has 5 nitrogen and oxygen atoms in total. The van der Waals surface area contributed by atoms with E-state index in [0.29, 0.717) is 5.69 Å². The highest BCUT2D eigenvalue weighted by atomic mass is 16.4. The van der Waals surface area contributed by atoms with Crippen LogP contribution in [0.5, 0.6) is 0 Å². The Hall–Kier alpha value is -1.91. The Balaban J connectivity index is 2.13. The molecule has 1 saturated carbocycles. The van der Waals surface area contributed by atoms with Gasteiger partial charge in [0, 0.05) is 12.1 Å². The fourth-order valence-corrected chi connectivity index (χ4v) is 2.69. The van der Waals surface area contributed by atoms with Crippen LogP contribution in [0, 0.1) is 16.7 Å². The second-order valence-corrected chi connectivity index (χ2v) is 6.13. The molecular formula is C14H18N2O3. The molecule has 1 fully saturated rings. The molecule has 1 aromatic heterocycles. The predicted octanol–water partition coefficient (Wildman–Crippen LogP) is 2.40. The first-order valence-corrected chi connectivity index (χ1v) is 6.17. The van der Waals surface area contributed by atoms with E-state index in [4.69, 9.17) is 5.11 Å². The smallest absolute Gasteiger partial charge is 0.337 e. The SMILES string of the molecule is CC1(C)C(C(=O)Nc2cncc(C(=O)O)c2)C1(C)C. The standard InChI is InChI=1S/C14H18N2O3/c1-13(2)10(14(13,3)4)11(17)16-9-5-8(12(18)19)6-15-7-9/h5-7,10H,1-4H3,(H,16,17)(H,18,19). The van der Waals surface area contributed by atoms with Gasteiger partial charge < -0.3 is 10.4 Å². The molecule has 0 radical (unpaired) electrons. The molecule has 0 unspecified atom stereocenters. The average molecular weight is 262 g/mol. The van der Waals surface area contributed by atoms with E-state index in [1.165, 1.54) is 18.5 Å². The number of carboxylic acids is 1. The zero-order valence-electron chi connectivity index (χ0n) is 11.5. The number of aromatic carboxylic acids is 1. The number of rotatable bonds is 3. The van der Waals surface area contributed by atoms with E-state index in [1.54, 1.807) is 0 Å². The lowest BCUT2D eigenvalue weighted by atomic mass is 10.0. The first kappa shape index (κ1) is 13.5.